The molecule has 0 amide bonds. The second-order valence-electron chi connectivity index (χ2n) is 15.7. The summed E-state index contributed by atoms with van der Waals surface area (Å²) in [4.78, 5) is 2.52. The number of fused-ring (bicyclic) bond motifs is 7. The quantitative estimate of drug-likeness (QED) is 0.164. The van der Waals surface area contributed by atoms with Crippen LogP contribution in [0.25, 0.3) is 75.5 Å². The third-order valence-electron chi connectivity index (χ3n) is 12.0. The van der Waals surface area contributed by atoms with Gasteiger partial charge in [0.05, 0.1) is 5.69 Å². The first-order chi connectivity index (χ1) is 28.0. The van der Waals surface area contributed by atoms with Gasteiger partial charge in [-0.1, -0.05) is 166 Å². The van der Waals surface area contributed by atoms with Gasteiger partial charge in [0.15, 0.2) is 0 Å². The van der Waals surface area contributed by atoms with Crippen molar-refractivity contribution in [1.29, 1.82) is 0 Å². The maximum absolute atomic E-state index is 2.52. The average Bonchev–Trinajstić information content (AvgIpc) is 3.75. The molecule has 1 nitrogen and oxygen atoms in total. The predicted molar refractivity (Wildman–Crippen MR) is 245 cm³/mol. The topological polar surface area (TPSA) is 3.24 Å². The molecule has 1 aliphatic rings. The predicted octanol–water partition coefficient (Wildman–Crippen LogP) is 16.0. The number of nitrogens with zero attached hydrogens (tertiary/aromatic N) is 1. The molecule has 0 saturated heterocycles. The van der Waals surface area contributed by atoms with E-state index in [1.54, 1.807) is 0 Å². The van der Waals surface area contributed by atoms with E-state index in [1.807, 2.05) is 11.3 Å². The molecule has 0 unspecified atom stereocenters. The fraction of sp³-hybridized carbons (Fsp3) is 0.0545. The Morgan fingerprint density at radius 1 is 0.386 bits per heavy atom. The highest BCUT2D eigenvalue weighted by Crippen LogP contribution is 2.52. The molecule has 1 aromatic heterocycles. The van der Waals surface area contributed by atoms with Crippen molar-refractivity contribution < 1.29 is 0 Å². The smallest absolute Gasteiger partial charge is 0.0546 e. The maximum atomic E-state index is 2.52. The minimum absolute atomic E-state index is 0.146. The van der Waals surface area contributed by atoms with Crippen molar-refractivity contribution in [3.63, 3.8) is 0 Å². The third kappa shape index (κ3) is 5.51. The molecule has 0 aliphatic heterocycles. The SMILES string of the molecule is CC1(C)c2ccccc2-c2ccc(N(c3cc(-c4ccccc4)cc(-c4ccccc4)c3)c3ccc4ccccc4c3-c3ccc4c(c3)sc3ccccc34)cc21. The highest BCUT2D eigenvalue weighted by Gasteiger charge is 2.36. The van der Waals surface area contributed by atoms with Crippen LogP contribution < -0.4 is 4.90 Å². The van der Waals surface area contributed by atoms with Crippen LogP contribution in [0.1, 0.15) is 25.0 Å². The van der Waals surface area contributed by atoms with Crippen molar-refractivity contribution in [2.75, 3.05) is 4.90 Å². The summed E-state index contributed by atoms with van der Waals surface area (Å²) in [7, 11) is 0. The van der Waals surface area contributed by atoms with Crippen LogP contribution in [0, 0.1) is 0 Å². The molecule has 270 valence electrons. The van der Waals surface area contributed by atoms with Crippen molar-refractivity contribution in [3.05, 3.63) is 211 Å². The molecule has 1 aliphatic carbocycles. The normalized spacial score (nSPS) is 12.9. The van der Waals surface area contributed by atoms with Crippen LogP contribution in [0.2, 0.25) is 0 Å². The summed E-state index contributed by atoms with van der Waals surface area (Å²) in [5, 5.41) is 5.08. The van der Waals surface area contributed by atoms with Gasteiger partial charge in [-0.25, -0.2) is 0 Å². The summed E-state index contributed by atoms with van der Waals surface area (Å²) in [6, 6.07) is 74.1. The second-order valence-corrected chi connectivity index (χ2v) is 16.8. The van der Waals surface area contributed by atoms with Gasteiger partial charge in [-0.3, -0.25) is 0 Å². The van der Waals surface area contributed by atoms with E-state index in [1.165, 1.54) is 86.6 Å². The van der Waals surface area contributed by atoms with Gasteiger partial charge in [0.1, 0.15) is 0 Å². The Morgan fingerprint density at radius 2 is 1.02 bits per heavy atom. The summed E-state index contributed by atoms with van der Waals surface area (Å²) in [5.41, 5.74) is 15.8. The first-order valence-corrected chi connectivity index (χ1v) is 20.6. The van der Waals surface area contributed by atoms with Crippen LogP contribution in [0.5, 0.6) is 0 Å². The lowest BCUT2D eigenvalue weighted by Crippen LogP contribution is -2.17. The summed E-state index contributed by atoms with van der Waals surface area (Å²) in [6.07, 6.45) is 0. The van der Waals surface area contributed by atoms with E-state index in [4.69, 9.17) is 0 Å². The molecule has 0 fully saturated rings. The molecule has 0 saturated carbocycles. The Kier molecular flexibility index (Phi) is 7.77. The summed E-state index contributed by atoms with van der Waals surface area (Å²) < 4.78 is 2.62. The zero-order chi connectivity index (χ0) is 38.1. The van der Waals surface area contributed by atoms with E-state index >= 15 is 0 Å². The van der Waals surface area contributed by atoms with Crippen LogP contribution in [0.3, 0.4) is 0 Å². The number of rotatable bonds is 6. The fourth-order valence-corrected chi connectivity index (χ4v) is 10.4. The van der Waals surface area contributed by atoms with Gasteiger partial charge >= 0.3 is 0 Å². The molecular weight excluding hydrogens is 707 g/mol. The van der Waals surface area contributed by atoms with Crippen LogP contribution in [-0.4, -0.2) is 0 Å². The van der Waals surface area contributed by atoms with Gasteiger partial charge in [0.2, 0.25) is 0 Å². The van der Waals surface area contributed by atoms with Gasteiger partial charge in [-0.2, -0.15) is 0 Å². The molecular formula is C55H39NS. The van der Waals surface area contributed by atoms with E-state index < -0.39 is 0 Å². The van der Waals surface area contributed by atoms with Crippen LogP contribution in [0.15, 0.2) is 200 Å². The lowest BCUT2D eigenvalue weighted by molar-refractivity contribution is 0.660. The fourth-order valence-electron chi connectivity index (χ4n) is 9.22. The van der Waals surface area contributed by atoms with E-state index in [2.05, 4.69) is 219 Å². The Labute approximate surface area is 337 Å². The molecule has 10 aromatic rings. The minimum atomic E-state index is -0.146. The second kappa shape index (κ2) is 13.2. The number of hydrogen-bond donors (Lipinski definition) is 0. The molecule has 0 N–H and O–H groups in total. The zero-order valence-electron chi connectivity index (χ0n) is 31.9. The highest BCUT2D eigenvalue weighted by atomic mass is 32.1. The Morgan fingerprint density at radius 3 is 1.79 bits per heavy atom. The summed E-state index contributed by atoms with van der Waals surface area (Å²) in [6.45, 7) is 4.74. The lowest BCUT2D eigenvalue weighted by atomic mass is 9.82. The van der Waals surface area contributed by atoms with Crippen molar-refractivity contribution in [1.82, 2.24) is 0 Å². The third-order valence-corrected chi connectivity index (χ3v) is 13.2. The molecule has 57 heavy (non-hydrogen) atoms. The van der Waals surface area contributed by atoms with Crippen LogP contribution in [0.4, 0.5) is 17.1 Å². The van der Waals surface area contributed by atoms with Gasteiger partial charge in [-0.15, -0.1) is 11.3 Å². The first kappa shape index (κ1) is 33.6. The van der Waals surface area contributed by atoms with Crippen LogP contribution in [-0.2, 0) is 5.41 Å². The van der Waals surface area contributed by atoms with Crippen molar-refractivity contribution >= 4 is 59.3 Å². The summed E-state index contributed by atoms with van der Waals surface area (Å²) in [5.74, 6) is 0. The van der Waals surface area contributed by atoms with E-state index in [-0.39, 0.29) is 5.41 Å². The number of benzene rings is 9. The minimum Gasteiger partial charge on any atom is -0.310 e. The van der Waals surface area contributed by atoms with Gasteiger partial charge < -0.3 is 4.90 Å². The number of anilines is 3. The van der Waals surface area contributed by atoms with E-state index in [0.29, 0.717) is 0 Å². The highest BCUT2D eigenvalue weighted by molar-refractivity contribution is 7.25. The van der Waals surface area contributed by atoms with E-state index in [0.717, 1.165) is 17.1 Å². The monoisotopic (exact) mass is 745 g/mol. The first-order valence-electron chi connectivity index (χ1n) is 19.8. The van der Waals surface area contributed by atoms with Crippen molar-refractivity contribution in [2.45, 2.75) is 19.3 Å². The maximum Gasteiger partial charge on any atom is 0.0546 e. The Hall–Kier alpha value is -6.74. The molecule has 9 aromatic carbocycles. The van der Waals surface area contributed by atoms with Gasteiger partial charge in [0.25, 0.3) is 0 Å². The lowest BCUT2D eigenvalue weighted by Gasteiger charge is -2.31. The molecule has 0 spiro atoms. The molecule has 0 bridgehead atoms. The average molecular weight is 746 g/mol. The number of thiophene rings is 1. The van der Waals surface area contributed by atoms with E-state index in [9.17, 15) is 0 Å². The molecule has 2 heteroatoms. The van der Waals surface area contributed by atoms with Crippen molar-refractivity contribution in [2.24, 2.45) is 0 Å². The standard InChI is InChI=1S/C55H39NS/c1-55(2)49-23-13-11-21-45(49)46-29-27-42(35-50(46)55)56(43-32-40(36-15-5-3-6-16-36)31-41(33-43)37-17-7-4-8-18-37)51-30-26-38-19-9-10-20-44(38)54(51)39-25-28-48-47-22-12-14-24-52(47)57-53(48)34-39/h3-35H,1-2H3. The van der Waals surface area contributed by atoms with Gasteiger partial charge in [0, 0.05) is 42.5 Å². The molecule has 0 radical (unpaired) electrons. The number of hydrogen-bond acceptors (Lipinski definition) is 2. The Bertz CT molecular complexity index is 3100. The van der Waals surface area contributed by atoms with Crippen molar-refractivity contribution in [3.8, 4) is 44.5 Å². The summed E-state index contributed by atoms with van der Waals surface area (Å²) >= 11 is 1.88. The molecule has 11 rings (SSSR count). The Balaban J connectivity index is 1.22. The molecule has 0 atom stereocenters. The zero-order valence-corrected chi connectivity index (χ0v) is 32.7. The molecule has 1 heterocycles. The largest absolute Gasteiger partial charge is 0.310 e. The van der Waals surface area contributed by atoms with Gasteiger partial charge in [-0.05, 0) is 109 Å². The van der Waals surface area contributed by atoms with Crippen LogP contribution >= 0.6 is 11.3 Å².